The average Bonchev–Trinajstić information content (AvgIpc) is 3.39. The molecule has 0 spiro atoms. The number of aromatic nitrogens is 3. The lowest BCUT2D eigenvalue weighted by atomic mass is 10.2. The summed E-state index contributed by atoms with van der Waals surface area (Å²) in [6, 6.07) is 8.96. The van der Waals surface area contributed by atoms with Crippen molar-refractivity contribution in [2.45, 2.75) is 31.8 Å². The van der Waals surface area contributed by atoms with Gasteiger partial charge in [-0.2, -0.15) is 0 Å². The van der Waals surface area contributed by atoms with Crippen LogP contribution >= 0.6 is 0 Å². The van der Waals surface area contributed by atoms with Crippen molar-refractivity contribution in [3.8, 4) is 0 Å². The van der Waals surface area contributed by atoms with Crippen LogP contribution in [0.4, 0.5) is 0 Å². The Morgan fingerprint density at radius 2 is 2.12 bits per heavy atom. The van der Waals surface area contributed by atoms with Crippen molar-refractivity contribution in [3.63, 3.8) is 0 Å². The van der Waals surface area contributed by atoms with Gasteiger partial charge in [-0.15, -0.1) is 0 Å². The Kier molecular flexibility index (Phi) is 3.60. The van der Waals surface area contributed by atoms with E-state index in [0.717, 1.165) is 11.4 Å². The Hall–Kier alpha value is -2.96. The van der Waals surface area contributed by atoms with Crippen molar-refractivity contribution in [1.82, 2.24) is 19.9 Å². The molecule has 7 nitrogen and oxygen atoms in total. The molecule has 0 saturated heterocycles. The third-order valence-electron chi connectivity index (χ3n) is 4.08. The highest BCUT2D eigenvalue weighted by Crippen LogP contribution is 2.38. The number of oxazole rings is 1. The fourth-order valence-electron chi connectivity index (χ4n) is 2.67. The molecule has 2 aromatic heterocycles. The van der Waals surface area contributed by atoms with E-state index >= 15 is 0 Å². The normalized spacial score (nSPS) is 14.0. The molecular formula is C17H16N4O3. The van der Waals surface area contributed by atoms with Crippen LogP contribution in [-0.2, 0) is 17.9 Å². The van der Waals surface area contributed by atoms with E-state index in [4.69, 9.17) is 4.42 Å². The number of hydrogen-bond donors (Lipinski definition) is 1. The van der Waals surface area contributed by atoms with E-state index < -0.39 is 5.76 Å². The first-order valence-electron chi connectivity index (χ1n) is 7.86. The third kappa shape index (κ3) is 2.92. The maximum atomic E-state index is 12.2. The van der Waals surface area contributed by atoms with Crippen LogP contribution in [0.15, 0.2) is 45.9 Å². The number of benzene rings is 1. The van der Waals surface area contributed by atoms with Crippen LogP contribution in [0.5, 0.6) is 0 Å². The molecular weight excluding hydrogens is 308 g/mol. The number of nitrogens with one attached hydrogen (secondary N) is 1. The van der Waals surface area contributed by atoms with Crippen molar-refractivity contribution < 1.29 is 9.21 Å². The Bertz CT molecular complexity index is 956. The van der Waals surface area contributed by atoms with Crippen LogP contribution < -0.4 is 11.1 Å². The molecule has 1 saturated carbocycles. The summed E-state index contributed by atoms with van der Waals surface area (Å²) in [6.45, 7) is 0.224. The topological polar surface area (TPSA) is 90.0 Å². The molecule has 24 heavy (non-hydrogen) atoms. The SMILES string of the molecule is O=C(Cn1c(=O)oc2ccccc21)NCc1cc(C2CC2)ncn1. The summed E-state index contributed by atoms with van der Waals surface area (Å²) in [6.07, 6.45) is 3.86. The molecule has 7 heteroatoms. The minimum Gasteiger partial charge on any atom is -0.408 e. The predicted octanol–water partition coefficient (Wildman–Crippen LogP) is 1.58. The van der Waals surface area contributed by atoms with Gasteiger partial charge in [-0.3, -0.25) is 9.36 Å². The van der Waals surface area contributed by atoms with Crippen molar-refractivity contribution in [2.24, 2.45) is 0 Å². The van der Waals surface area contributed by atoms with Gasteiger partial charge in [0.05, 0.1) is 17.8 Å². The molecule has 1 aliphatic rings. The minimum atomic E-state index is -0.538. The number of carbonyl (C=O) groups is 1. The van der Waals surface area contributed by atoms with Gasteiger partial charge in [-0.1, -0.05) is 12.1 Å². The van der Waals surface area contributed by atoms with E-state index in [9.17, 15) is 9.59 Å². The summed E-state index contributed by atoms with van der Waals surface area (Å²) in [5, 5.41) is 2.79. The number of hydrogen-bond acceptors (Lipinski definition) is 5. The van der Waals surface area contributed by atoms with Crippen LogP contribution in [0, 0.1) is 0 Å². The number of para-hydroxylation sites is 2. The lowest BCUT2D eigenvalue weighted by Crippen LogP contribution is -2.30. The van der Waals surface area contributed by atoms with E-state index in [0.29, 0.717) is 23.6 Å². The van der Waals surface area contributed by atoms with E-state index in [1.54, 1.807) is 24.3 Å². The molecule has 0 radical (unpaired) electrons. The van der Waals surface area contributed by atoms with Crippen LogP contribution in [-0.4, -0.2) is 20.4 Å². The summed E-state index contributed by atoms with van der Waals surface area (Å²) in [5.41, 5.74) is 2.88. The molecule has 1 N–H and O–H groups in total. The Morgan fingerprint density at radius 3 is 2.96 bits per heavy atom. The standard InChI is InChI=1S/C17H16N4O3/c22-16(9-21-14-3-1-2-4-15(14)24-17(21)23)18-8-12-7-13(11-5-6-11)20-10-19-12/h1-4,7,10-11H,5-6,8-9H2,(H,18,22). The summed E-state index contributed by atoms with van der Waals surface area (Å²) in [7, 11) is 0. The lowest BCUT2D eigenvalue weighted by Gasteiger charge is -2.06. The van der Waals surface area contributed by atoms with Crippen LogP contribution in [0.3, 0.4) is 0 Å². The molecule has 1 aromatic carbocycles. The molecule has 1 fully saturated rings. The summed E-state index contributed by atoms with van der Waals surface area (Å²) in [4.78, 5) is 32.5. The fraction of sp³-hybridized carbons (Fsp3) is 0.294. The molecule has 3 aromatic rings. The van der Waals surface area contributed by atoms with E-state index in [-0.39, 0.29) is 12.5 Å². The zero-order chi connectivity index (χ0) is 16.5. The second kappa shape index (κ2) is 5.92. The molecule has 2 heterocycles. The second-order valence-electron chi connectivity index (χ2n) is 5.91. The van der Waals surface area contributed by atoms with E-state index in [2.05, 4.69) is 15.3 Å². The largest absolute Gasteiger partial charge is 0.420 e. The van der Waals surface area contributed by atoms with Crippen molar-refractivity contribution in [1.29, 1.82) is 0 Å². The highest BCUT2D eigenvalue weighted by molar-refractivity contribution is 5.79. The van der Waals surface area contributed by atoms with Gasteiger partial charge in [-0.25, -0.2) is 14.8 Å². The summed E-state index contributed by atoms with van der Waals surface area (Å²) >= 11 is 0. The van der Waals surface area contributed by atoms with Crippen LogP contribution in [0.1, 0.15) is 30.1 Å². The van der Waals surface area contributed by atoms with E-state index in [1.807, 2.05) is 6.07 Å². The van der Waals surface area contributed by atoms with Crippen molar-refractivity contribution in [3.05, 3.63) is 58.6 Å². The zero-order valence-corrected chi connectivity index (χ0v) is 12.9. The Balaban J connectivity index is 1.44. The molecule has 1 amide bonds. The van der Waals surface area contributed by atoms with Gasteiger partial charge in [0.25, 0.3) is 0 Å². The molecule has 0 unspecified atom stereocenters. The first-order chi connectivity index (χ1) is 11.7. The number of carbonyl (C=O) groups excluding carboxylic acids is 1. The highest BCUT2D eigenvalue weighted by Gasteiger charge is 2.25. The number of amides is 1. The average molecular weight is 324 g/mol. The third-order valence-corrected chi connectivity index (χ3v) is 4.08. The molecule has 122 valence electrons. The first-order valence-corrected chi connectivity index (χ1v) is 7.86. The monoisotopic (exact) mass is 324 g/mol. The minimum absolute atomic E-state index is 0.0869. The predicted molar refractivity (Wildman–Crippen MR) is 86.3 cm³/mol. The van der Waals surface area contributed by atoms with Crippen LogP contribution in [0.25, 0.3) is 11.1 Å². The van der Waals surface area contributed by atoms with Crippen molar-refractivity contribution >= 4 is 17.0 Å². The highest BCUT2D eigenvalue weighted by atomic mass is 16.4. The zero-order valence-electron chi connectivity index (χ0n) is 12.9. The maximum Gasteiger partial charge on any atom is 0.420 e. The van der Waals surface area contributed by atoms with Gasteiger partial charge >= 0.3 is 5.76 Å². The fourth-order valence-corrected chi connectivity index (χ4v) is 2.67. The molecule has 0 aliphatic heterocycles. The quantitative estimate of drug-likeness (QED) is 0.769. The first kappa shape index (κ1) is 14.6. The van der Waals surface area contributed by atoms with Gasteiger partial charge in [0, 0.05) is 11.6 Å². The van der Waals surface area contributed by atoms with Gasteiger partial charge in [-0.05, 0) is 31.0 Å². The summed E-state index contributed by atoms with van der Waals surface area (Å²) < 4.78 is 6.44. The van der Waals surface area contributed by atoms with Gasteiger partial charge < -0.3 is 9.73 Å². The Morgan fingerprint density at radius 1 is 1.29 bits per heavy atom. The number of rotatable bonds is 5. The number of nitrogens with zero attached hydrogens (tertiary/aromatic N) is 3. The molecule has 1 aliphatic carbocycles. The second-order valence-corrected chi connectivity index (χ2v) is 5.91. The van der Waals surface area contributed by atoms with Crippen LogP contribution in [0.2, 0.25) is 0 Å². The smallest absolute Gasteiger partial charge is 0.408 e. The van der Waals surface area contributed by atoms with Crippen molar-refractivity contribution in [2.75, 3.05) is 0 Å². The number of fused-ring (bicyclic) bond motifs is 1. The van der Waals surface area contributed by atoms with Gasteiger partial charge in [0.15, 0.2) is 5.58 Å². The van der Waals surface area contributed by atoms with Gasteiger partial charge in [0.1, 0.15) is 12.9 Å². The summed E-state index contributed by atoms with van der Waals surface area (Å²) in [5.74, 6) is -0.266. The lowest BCUT2D eigenvalue weighted by molar-refractivity contribution is -0.121. The van der Waals surface area contributed by atoms with Gasteiger partial charge in [0.2, 0.25) is 5.91 Å². The molecule has 0 atom stereocenters. The maximum absolute atomic E-state index is 12.2. The Labute approximate surface area is 137 Å². The molecule has 4 rings (SSSR count). The van der Waals surface area contributed by atoms with E-state index in [1.165, 1.54) is 23.7 Å². The molecule has 0 bridgehead atoms.